The van der Waals surface area contributed by atoms with E-state index in [-0.39, 0.29) is 0 Å². The van der Waals surface area contributed by atoms with Crippen molar-refractivity contribution in [3.63, 3.8) is 0 Å². The number of hydrogen-bond donors (Lipinski definition) is 1. The van der Waals surface area contributed by atoms with Gasteiger partial charge in [-0.3, -0.25) is 0 Å². The molecule has 102 valence electrons. The lowest BCUT2D eigenvalue weighted by atomic mass is 10.2. The molecule has 0 heterocycles. The zero-order chi connectivity index (χ0) is 14.1. The Morgan fingerprint density at radius 1 is 1.22 bits per heavy atom. The van der Waals surface area contributed by atoms with Gasteiger partial charge >= 0.3 is 6.36 Å². The molecule has 4 nitrogen and oxygen atoms in total. The van der Waals surface area contributed by atoms with Gasteiger partial charge in [-0.25, -0.2) is 22.3 Å². The van der Waals surface area contributed by atoms with Crippen LogP contribution in [-0.4, -0.2) is 14.8 Å². The number of halogens is 5. The highest BCUT2D eigenvalue weighted by atomic mass is 32.2. The zero-order valence-corrected chi connectivity index (χ0v) is 9.23. The first-order valence-electron chi connectivity index (χ1n) is 4.21. The van der Waals surface area contributed by atoms with Crippen LogP contribution in [0.3, 0.4) is 0 Å². The molecule has 0 fully saturated rings. The summed E-state index contributed by atoms with van der Waals surface area (Å²) in [7, 11) is -4.62. The van der Waals surface area contributed by atoms with E-state index in [1.54, 1.807) is 0 Å². The van der Waals surface area contributed by atoms with Gasteiger partial charge in [0.05, 0.1) is 0 Å². The smallest absolute Gasteiger partial charge is 0.404 e. The number of nitrogens with two attached hydrogens (primary N) is 1. The van der Waals surface area contributed by atoms with Gasteiger partial charge in [0.25, 0.3) is 6.43 Å². The average molecular weight is 291 g/mol. The summed E-state index contributed by atoms with van der Waals surface area (Å²) in [6, 6.07) is 1.41. The normalized spacial score (nSPS) is 12.8. The minimum atomic E-state index is -5.16. The molecular weight excluding hydrogens is 285 g/mol. The van der Waals surface area contributed by atoms with Crippen molar-refractivity contribution < 1.29 is 35.1 Å². The predicted octanol–water partition coefficient (Wildman–Crippen LogP) is 2.17. The van der Waals surface area contributed by atoms with E-state index in [2.05, 4.69) is 9.88 Å². The van der Waals surface area contributed by atoms with Crippen LogP contribution in [0.5, 0.6) is 5.75 Å². The van der Waals surface area contributed by atoms with Crippen molar-refractivity contribution in [2.24, 2.45) is 5.14 Å². The Hall–Kier alpha value is -1.42. The summed E-state index contributed by atoms with van der Waals surface area (Å²) in [5.74, 6) is -1.16. The number of sulfonamides is 1. The molecule has 2 N–H and O–H groups in total. The Labute approximate surface area is 98.2 Å². The van der Waals surface area contributed by atoms with Crippen LogP contribution in [0.4, 0.5) is 22.0 Å². The maximum atomic E-state index is 12.3. The molecule has 0 amide bonds. The number of ether oxygens (including phenoxy) is 1. The summed E-state index contributed by atoms with van der Waals surface area (Å²) in [5, 5.41) is 4.63. The van der Waals surface area contributed by atoms with Crippen LogP contribution in [0.2, 0.25) is 0 Å². The quantitative estimate of drug-likeness (QED) is 0.868. The van der Waals surface area contributed by atoms with Crippen LogP contribution in [0.1, 0.15) is 12.0 Å². The highest BCUT2D eigenvalue weighted by Crippen LogP contribution is 2.32. The van der Waals surface area contributed by atoms with E-state index in [0.717, 1.165) is 0 Å². The van der Waals surface area contributed by atoms with E-state index in [9.17, 15) is 30.4 Å². The lowest BCUT2D eigenvalue weighted by Crippen LogP contribution is -2.21. The lowest BCUT2D eigenvalue weighted by molar-refractivity contribution is -0.275. The van der Waals surface area contributed by atoms with Crippen molar-refractivity contribution in [3.8, 4) is 5.75 Å². The molecule has 0 aromatic heterocycles. The molecule has 0 unspecified atom stereocenters. The molecule has 10 heteroatoms. The van der Waals surface area contributed by atoms with E-state index < -0.39 is 39.0 Å². The minimum absolute atomic E-state index is 0.334. The van der Waals surface area contributed by atoms with E-state index >= 15 is 0 Å². The number of benzene rings is 1. The molecule has 0 saturated heterocycles. The fraction of sp³-hybridized carbons (Fsp3) is 0.250. The van der Waals surface area contributed by atoms with Crippen LogP contribution in [0, 0.1) is 0 Å². The maximum absolute atomic E-state index is 12.3. The Morgan fingerprint density at radius 2 is 1.78 bits per heavy atom. The van der Waals surface area contributed by atoms with Crippen LogP contribution in [-0.2, 0) is 10.0 Å². The summed E-state index contributed by atoms with van der Waals surface area (Å²) < 4.78 is 85.9. The number of hydrogen-bond acceptors (Lipinski definition) is 3. The molecule has 1 aromatic carbocycles. The van der Waals surface area contributed by atoms with Gasteiger partial charge in [-0.2, -0.15) is 0 Å². The number of alkyl halides is 5. The summed E-state index contributed by atoms with van der Waals surface area (Å²) in [6.07, 6.45) is -8.21. The highest BCUT2D eigenvalue weighted by Gasteiger charge is 2.33. The van der Waals surface area contributed by atoms with Crippen LogP contribution in [0.15, 0.2) is 23.1 Å². The molecule has 0 saturated carbocycles. The summed E-state index contributed by atoms with van der Waals surface area (Å²) in [6.45, 7) is 0. The van der Waals surface area contributed by atoms with Gasteiger partial charge in [-0.05, 0) is 18.2 Å². The second-order valence-electron chi connectivity index (χ2n) is 3.10. The van der Waals surface area contributed by atoms with Gasteiger partial charge < -0.3 is 4.74 Å². The van der Waals surface area contributed by atoms with Crippen LogP contribution in [0.25, 0.3) is 0 Å². The third kappa shape index (κ3) is 3.81. The van der Waals surface area contributed by atoms with Gasteiger partial charge in [0.1, 0.15) is 10.6 Å². The van der Waals surface area contributed by atoms with Crippen LogP contribution < -0.4 is 9.88 Å². The molecule has 0 radical (unpaired) electrons. The van der Waals surface area contributed by atoms with E-state index in [1.165, 1.54) is 0 Å². The van der Waals surface area contributed by atoms with E-state index in [0.29, 0.717) is 18.2 Å². The Morgan fingerprint density at radius 3 is 2.17 bits per heavy atom. The van der Waals surface area contributed by atoms with Crippen molar-refractivity contribution in [1.82, 2.24) is 0 Å². The Balaban J connectivity index is 3.36. The van der Waals surface area contributed by atoms with Gasteiger partial charge in [0.15, 0.2) is 0 Å². The maximum Gasteiger partial charge on any atom is 0.573 e. The third-order valence-electron chi connectivity index (χ3n) is 1.75. The van der Waals surface area contributed by atoms with Crippen molar-refractivity contribution >= 4 is 10.0 Å². The Bertz CT molecular complexity index is 540. The van der Waals surface area contributed by atoms with Gasteiger partial charge in [0.2, 0.25) is 10.0 Å². The largest absolute Gasteiger partial charge is 0.573 e. The molecule has 0 bridgehead atoms. The monoisotopic (exact) mass is 291 g/mol. The van der Waals surface area contributed by atoms with Crippen molar-refractivity contribution in [2.75, 3.05) is 0 Å². The molecule has 1 aromatic rings. The highest BCUT2D eigenvalue weighted by molar-refractivity contribution is 7.89. The Kier molecular flexibility index (Phi) is 3.81. The standard InChI is InChI=1S/C8H6F5NO3S/c9-7(10)4-1-2-5(17-8(11,12)13)6(3-4)18(14,15)16/h1-3,7H,(H2,14,15,16). The van der Waals surface area contributed by atoms with Gasteiger partial charge in [-0.1, -0.05) is 0 Å². The molecule has 1 rings (SSSR count). The predicted molar refractivity (Wildman–Crippen MR) is 49.5 cm³/mol. The minimum Gasteiger partial charge on any atom is -0.404 e. The third-order valence-corrected chi connectivity index (χ3v) is 2.68. The molecule has 0 aliphatic heterocycles. The van der Waals surface area contributed by atoms with Crippen LogP contribution >= 0.6 is 0 Å². The molecule has 18 heavy (non-hydrogen) atoms. The topological polar surface area (TPSA) is 69.4 Å². The SMILES string of the molecule is NS(=O)(=O)c1cc(C(F)F)ccc1OC(F)(F)F. The summed E-state index contributed by atoms with van der Waals surface area (Å²) >= 11 is 0. The number of primary sulfonamides is 1. The first kappa shape index (κ1) is 14.6. The fourth-order valence-corrected chi connectivity index (χ4v) is 1.78. The first-order valence-corrected chi connectivity index (χ1v) is 5.76. The lowest BCUT2D eigenvalue weighted by Gasteiger charge is -2.13. The fourth-order valence-electron chi connectivity index (χ4n) is 1.09. The van der Waals surface area contributed by atoms with Crippen molar-refractivity contribution in [1.29, 1.82) is 0 Å². The summed E-state index contributed by atoms with van der Waals surface area (Å²) in [5.41, 5.74) is -0.784. The molecule has 0 spiro atoms. The molecule has 0 aliphatic rings. The van der Waals surface area contributed by atoms with E-state index in [1.807, 2.05) is 0 Å². The molecule has 0 atom stereocenters. The van der Waals surface area contributed by atoms with Gasteiger partial charge in [-0.15, -0.1) is 13.2 Å². The van der Waals surface area contributed by atoms with E-state index in [4.69, 9.17) is 0 Å². The van der Waals surface area contributed by atoms with Crippen molar-refractivity contribution in [2.45, 2.75) is 17.7 Å². The van der Waals surface area contributed by atoms with Crippen molar-refractivity contribution in [3.05, 3.63) is 23.8 Å². The molecular formula is C8H6F5NO3S. The second kappa shape index (κ2) is 4.69. The van der Waals surface area contributed by atoms with Gasteiger partial charge in [0, 0.05) is 5.56 Å². The number of rotatable bonds is 3. The summed E-state index contributed by atoms with van der Waals surface area (Å²) in [4.78, 5) is -1.15. The first-order chi connectivity index (χ1) is 8.00. The molecule has 0 aliphatic carbocycles. The average Bonchev–Trinajstić information content (AvgIpc) is 2.13. The zero-order valence-electron chi connectivity index (χ0n) is 8.41. The second-order valence-corrected chi connectivity index (χ2v) is 4.63.